The molecule has 0 aliphatic heterocycles. The van der Waals surface area contributed by atoms with Crippen molar-refractivity contribution in [2.75, 3.05) is 0 Å². The highest BCUT2D eigenvalue weighted by Crippen LogP contribution is 2.36. The molecule has 0 radical (unpaired) electrons. The first-order valence-electron chi connectivity index (χ1n) is 11.2. The van der Waals surface area contributed by atoms with Crippen molar-refractivity contribution >= 4 is 43.6 Å². The molecular formula is C30H18N4. The molecular weight excluding hydrogens is 416 g/mol. The third-order valence-electron chi connectivity index (χ3n) is 6.66. The largest absolute Gasteiger partial charge is 0.306 e. The van der Waals surface area contributed by atoms with E-state index >= 15 is 0 Å². The van der Waals surface area contributed by atoms with Crippen molar-refractivity contribution in [3.63, 3.8) is 0 Å². The predicted octanol–water partition coefficient (Wildman–Crippen LogP) is 7.15. The summed E-state index contributed by atoms with van der Waals surface area (Å²) in [6.45, 7) is 0. The molecule has 0 saturated heterocycles. The summed E-state index contributed by atoms with van der Waals surface area (Å²) in [6.07, 6.45) is 3.60. The fraction of sp³-hybridized carbons (Fsp3) is 0. The fourth-order valence-corrected chi connectivity index (χ4v) is 5.26. The van der Waals surface area contributed by atoms with Crippen LogP contribution in [-0.4, -0.2) is 14.1 Å². The van der Waals surface area contributed by atoms with Crippen LogP contribution < -0.4 is 0 Å². The number of nitrogens with zero attached hydrogens (tertiary/aromatic N) is 4. The number of benzene rings is 4. The second kappa shape index (κ2) is 7.06. The van der Waals surface area contributed by atoms with E-state index in [9.17, 15) is 5.26 Å². The molecule has 3 heterocycles. The predicted molar refractivity (Wildman–Crippen MR) is 138 cm³/mol. The molecule has 0 aliphatic rings. The van der Waals surface area contributed by atoms with Gasteiger partial charge in [-0.2, -0.15) is 5.26 Å². The summed E-state index contributed by atoms with van der Waals surface area (Å²) in [6, 6.07) is 35.8. The van der Waals surface area contributed by atoms with Gasteiger partial charge in [0.1, 0.15) is 11.6 Å². The maximum atomic E-state index is 10.5. The van der Waals surface area contributed by atoms with E-state index in [0.717, 1.165) is 55.0 Å². The number of pyridine rings is 1. The summed E-state index contributed by atoms with van der Waals surface area (Å²) in [5, 5.41) is 15.1. The van der Waals surface area contributed by atoms with Crippen molar-refractivity contribution < 1.29 is 0 Å². The summed E-state index contributed by atoms with van der Waals surface area (Å²) in [7, 11) is 0. The van der Waals surface area contributed by atoms with Crippen LogP contribution in [0.5, 0.6) is 0 Å². The maximum absolute atomic E-state index is 10.5. The normalized spacial score (nSPS) is 11.5. The molecule has 7 rings (SSSR count). The Bertz CT molecular complexity index is 1690. The second-order valence-electron chi connectivity index (χ2n) is 8.40. The van der Waals surface area contributed by atoms with Crippen molar-refractivity contribution in [1.29, 1.82) is 5.26 Å². The van der Waals surface area contributed by atoms with Crippen LogP contribution in [-0.2, 0) is 0 Å². The van der Waals surface area contributed by atoms with Crippen molar-refractivity contribution in [3.8, 4) is 17.4 Å². The van der Waals surface area contributed by atoms with Crippen LogP contribution in [0, 0.1) is 11.3 Å². The van der Waals surface area contributed by atoms with Crippen molar-refractivity contribution in [2.45, 2.75) is 0 Å². The Hall–Kier alpha value is -4.88. The Morgan fingerprint density at radius 1 is 0.500 bits per heavy atom. The van der Waals surface area contributed by atoms with Gasteiger partial charge in [-0.15, -0.1) is 0 Å². The molecule has 7 aromatic rings. The van der Waals surface area contributed by atoms with E-state index in [1.54, 1.807) is 12.4 Å². The third kappa shape index (κ3) is 2.44. The van der Waals surface area contributed by atoms with Crippen LogP contribution in [0.15, 0.2) is 109 Å². The lowest BCUT2D eigenvalue weighted by atomic mass is 10.2. The van der Waals surface area contributed by atoms with Crippen LogP contribution >= 0.6 is 0 Å². The maximum Gasteiger partial charge on any atom is 0.104 e. The van der Waals surface area contributed by atoms with Crippen molar-refractivity contribution in [1.82, 2.24) is 14.1 Å². The van der Waals surface area contributed by atoms with E-state index in [2.05, 4.69) is 93.0 Å². The molecule has 0 unspecified atom stereocenters. The highest BCUT2D eigenvalue weighted by molar-refractivity contribution is 6.10. The zero-order chi connectivity index (χ0) is 22.6. The van der Waals surface area contributed by atoms with Crippen molar-refractivity contribution in [2.24, 2.45) is 0 Å². The highest BCUT2D eigenvalue weighted by Gasteiger charge is 2.20. The molecule has 4 heteroatoms. The average molecular weight is 435 g/mol. The van der Waals surface area contributed by atoms with Crippen LogP contribution in [0.25, 0.3) is 55.0 Å². The molecule has 0 atom stereocenters. The van der Waals surface area contributed by atoms with E-state index in [0.29, 0.717) is 5.56 Å². The van der Waals surface area contributed by atoms with Gasteiger partial charge in [0.15, 0.2) is 0 Å². The lowest BCUT2D eigenvalue weighted by Gasteiger charge is -2.15. The minimum absolute atomic E-state index is 0.591. The number of para-hydroxylation sites is 4. The highest BCUT2D eigenvalue weighted by atomic mass is 15.0. The van der Waals surface area contributed by atoms with E-state index in [1.807, 2.05) is 24.3 Å². The van der Waals surface area contributed by atoms with Crippen LogP contribution in [0.2, 0.25) is 0 Å². The zero-order valence-electron chi connectivity index (χ0n) is 18.2. The second-order valence-corrected chi connectivity index (χ2v) is 8.40. The summed E-state index contributed by atoms with van der Waals surface area (Å²) in [5.41, 5.74) is 6.37. The monoisotopic (exact) mass is 434 g/mol. The van der Waals surface area contributed by atoms with Crippen molar-refractivity contribution in [3.05, 3.63) is 115 Å². The van der Waals surface area contributed by atoms with Gasteiger partial charge in [-0.1, -0.05) is 72.8 Å². The summed E-state index contributed by atoms with van der Waals surface area (Å²) < 4.78 is 4.32. The molecule has 0 bridgehead atoms. The van der Waals surface area contributed by atoms with Gasteiger partial charge >= 0.3 is 0 Å². The Kier molecular flexibility index (Phi) is 3.88. The number of aromatic nitrogens is 3. The Morgan fingerprint density at radius 2 is 0.824 bits per heavy atom. The first-order valence-corrected chi connectivity index (χ1v) is 11.2. The topological polar surface area (TPSA) is 46.5 Å². The number of rotatable bonds is 2. The zero-order valence-corrected chi connectivity index (χ0v) is 18.2. The van der Waals surface area contributed by atoms with Gasteiger partial charge < -0.3 is 9.13 Å². The van der Waals surface area contributed by atoms with Crippen LogP contribution in [0.3, 0.4) is 0 Å². The van der Waals surface area contributed by atoms with Gasteiger partial charge in [0.05, 0.1) is 45.8 Å². The molecule has 0 N–H and O–H groups in total. The minimum Gasteiger partial charge on any atom is -0.306 e. The number of hydrogen-bond donors (Lipinski definition) is 0. The molecule has 4 nitrogen and oxygen atoms in total. The first kappa shape index (κ1) is 18.7. The SMILES string of the molecule is N#Cc1c(-n2c3ccccc3c3ccccc32)cncc1-n1c2ccccc2c2ccccc21. The molecule has 34 heavy (non-hydrogen) atoms. The Morgan fingerprint density at radius 3 is 1.15 bits per heavy atom. The smallest absolute Gasteiger partial charge is 0.104 e. The third-order valence-corrected chi connectivity index (χ3v) is 6.66. The lowest BCUT2D eigenvalue weighted by Crippen LogP contribution is -2.05. The first-order chi connectivity index (χ1) is 16.9. The molecule has 0 saturated carbocycles. The fourth-order valence-electron chi connectivity index (χ4n) is 5.26. The molecule has 3 aromatic heterocycles. The average Bonchev–Trinajstić information content (AvgIpc) is 3.41. The van der Waals surface area contributed by atoms with Gasteiger partial charge in [0.25, 0.3) is 0 Å². The van der Waals surface area contributed by atoms with Gasteiger partial charge in [-0.05, 0) is 24.3 Å². The van der Waals surface area contributed by atoms with Gasteiger partial charge in [-0.3, -0.25) is 4.98 Å². The number of hydrogen-bond acceptors (Lipinski definition) is 2. The van der Waals surface area contributed by atoms with Gasteiger partial charge in [0, 0.05) is 21.5 Å². The summed E-state index contributed by atoms with van der Waals surface area (Å²) >= 11 is 0. The van der Waals surface area contributed by atoms with E-state index in [4.69, 9.17) is 0 Å². The Balaban J connectivity index is 1.63. The summed E-state index contributed by atoms with van der Waals surface area (Å²) in [5.74, 6) is 0. The number of nitriles is 1. The quantitative estimate of drug-likeness (QED) is 0.290. The minimum atomic E-state index is 0.591. The molecule has 158 valence electrons. The number of fused-ring (bicyclic) bond motifs is 6. The van der Waals surface area contributed by atoms with E-state index in [-0.39, 0.29) is 0 Å². The van der Waals surface area contributed by atoms with Crippen LogP contribution in [0.4, 0.5) is 0 Å². The van der Waals surface area contributed by atoms with Gasteiger partial charge in [-0.25, -0.2) is 0 Å². The lowest BCUT2D eigenvalue weighted by molar-refractivity contribution is 1.07. The molecule has 0 spiro atoms. The molecule has 0 aliphatic carbocycles. The molecule has 0 fully saturated rings. The molecule has 4 aromatic carbocycles. The van der Waals surface area contributed by atoms with Crippen LogP contribution in [0.1, 0.15) is 5.56 Å². The van der Waals surface area contributed by atoms with Gasteiger partial charge in [0.2, 0.25) is 0 Å². The van der Waals surface area contributed by atoms with E-state index in [1.165, 1.54) is 0 Å². The Labute approximate surface area is 195 Å². The van der Waals surface area contributed by atoms with E-state index < -0.39 is 0 Å². The summed E-state index contributed by atoms with van der Waals surface area (Å²) in [4.78, 5) is 4.64. The molecule has 0 amide bonds. The standard InChI is InChI=1S/C30H18N4/c31-17-24-29(33-25-13-5-1-9-20(25)21-10-2-6-14-26(21)33)18-32-19-30(24)34-27-15-7-3-11-22(27)23-12-4-8-16-28(23)34/h1-16,18-19H.